The van der Waals surface area contributed by atoms with Crippen LogP contribution in [0.15, 0.2) is 18.2 Å². The second-order valence-electron chi connectivity index (χ2n) is 5.04. The summed E-state index contributed by atoms with van der Waals surface area (Å²) in [5.41, 5.74) is 0.0113. The minimum atomic E-state index is -0.546. The fourth-order valence-corrected chi connectivity index (χ4v) is 3.67. The van der Waals surface area contributed by atoms with Crippen LogP contribution in [0, 0.1) is 10.1 Å². The van der Waals surface area contributed by atoms with Crippen LogP contribution in [0.4, 0.5) is 11.4 Å². The second kappa shape index (κ2) is 7.66. The van der Waals surface area contributed by atoms with Gasteiger partial charge in [0.05, 0.1) is 10.7 Å². The van der Waals surface area contributed by atoms with Crippen LogP contribution in [-0.2, 0) is 4.79 Å². The number of hydrogen-bond donors (Lipinski definition) is 1. The van der Waals surface area contributed by atoms with Crippen LogP contribution < -0.4 is 5.32 Å². The number of amides is 1. The van der Waals surface area contributed by atoms with Gasteiger partial charge in [-0.05, 0) is 25.0 Å². The molecule has 0 aromatic heterocycles. The molecule has 5 nitrogen and oxygen atoms in total. The molecule has 114 valence electrons. The lowest BCUT2D eigenvalue weighted by atomic mass is 10.0. The average Bonchev–Trinajstić information content (AvgIpc) is 2.48. The van der Waals surface area contributed by atoms with Crippen LogP contribution >= 0.6 is 23.4 Å². The second-order valence-corrected chi connectivity index (χ2v) is 6.76. The number of carbonyl (C=O) groups is 1. The molecule has 1 N–H and O–H groups in total. The number of benzene rings is 1. The highest BCUT2D eigenvalue weighted by atomic mass is 35.5. The molecule has 1 aliphatic rings. The van der Waals surface area contributed by atoms with Crippen LogP contribution in [0.1, 0.15) is 32.1 Å². The molecule has 0 bridgehead atoms. The Balaban J connectivity index is 1.91. The minimum absolute atomic E-state index is 0.182. The monoisotopic (exact) mass is 328 g/mol. The van der Waals surface area contributed by atoms with Gasteiger partial charge in [-0.25, -0.2) is 0 Å². The van der Waals surface area contributed by atoms with Crippen molar-refractivity contribution >= 4 is 40.6 Å². The van der Waals surface area contributed by atoms with Crippen LogP contribution in [0.25, 0.3) is 0 Å². The Morgan fingerprint density at radius 3 is 2.76 bits per heavy atom. The fraction of sp³-hybridized carbons (Fsp3) is 0.500. The summed E-state index contributed by atoms with van der Waals surface area (Å²) in [6.45, 7) is 0. The van der Waals surface area contributed by atoms with E-state index in [2.05, 4.69) is 5.32 Å². The number of nitro benzene ring substituents is 1. The van der Waals surface area contributed by atoms with Crippen molar-refractivity contribution in [1.82, 2.24) is 0 Å². The zero-order valence-corrected chi connectivity index (χ0v) is 13.1. The van der Waals surface area contributed by atoms with Crippen molar-refractivity contribution in [3.8, 4) is 0 Å². The number of halogens is 1. The van der Waals surface area contributed by atoms with Crippen molar-refractivity contribution in [2.75, 3.05) is 11.1 Å². The number of rotatable bonds is 5. The van der Waals surface area contributed by atoms with E-state index < -0.39 is 4.92 Å². The van der Waals surface area contributed by atoms with Crippen LogP contribution in [0.5, 0.6) is 0 Å². The summed E-state index contributed by atoms with van der Waals surface area (Å²) in [7, 11) is 0. The van der Waals surface area contributed by atoms with Crippen LogP contribution in [0.2, 0.25) is 5.02 Å². The zero-order chi connectivity index (χ0) is 15.2. The Kier molecular flexibility index (Phi) is 5.87. The molecule has 1 fully saturated rings. The van der Waals surface area contributed by atoms with Crippen molar-refractivity contribution in [2.24, 2.45) is 0 Å². The highest BCUT2D eigenvalue weighted by Gasteiger charge is 2.18. The van der Waals surface area contributed by atoms with Gasteiger partial charge in [-0.1, -0.05) is 30.9 Å². The molecular formula is C14H17ClN2O3S. The van der Waals surface area contributed by atoms with Crippen molar-refractivity contribution in [3.63, 3.8) is 0 Å². The first-order valence-electron chi connectivity index (χ1n) is 6.91. The van der Waals surface area contributed by atoms with Gasteiger partial charge >= 0.3 is 0 Å². The zero-order valence-electron chi connectivity index (χ0n) is 11.5. The number of carbonyl (C=O) groups excluding carboxylic acids is 1. The summed E-state index contributed by atoms with van der Waals surface area (Å²) in [6.07, 6.45) is 6.03. The number of nitro groups is 1. The Labute approximate surface area is 132 Å². The summed E-state index contributed by atoms with van der Waals surface area (Å²) >= 11 is 7.37. The standard InChI is InChI=1S/C14H17ClN2O3S/c15-10-6-7-12(13(8-10)17(19)20)16-14(18)9-21-11-4-2-1-3-5-11/h6-8,11H,1-5,9H2,(H,16,18). The number of hydrogen-bond acceptors (Lipinski definition) is 4. The summed E-state index contributed by atoms with van der Waals surface area (Å²) in [5, 5.41) is 14.4. The summed E-state index contributed by atoms with van der Waals surface area (Å²) < 4.78 is 0. The molecule has 0 atom stereocenters. The number of nitrogens with zero attached hydrogens (tertiary/aromatic N) is 1. The number of thioether (sulfide) groups is 1. The van der Waals surface area contributed by atoms with E-state index in [4.69, 9.17) is 11.6 Å². The lowest BCUT2D eigenvalue weighted by molar-refractivity contribution is -0.383. The van der Waals surface area contributed by atoms with Gasteiger partial charge in [0.25, 0.3) is 5.69 Å². The van der Waals surface area contributed by atoms with E-state index in [1.165, 1.54) is 37.5 Å². The first kappa shape index (κ1) is 16.1. The van der Waals surface area contributed by atoms with Crippen molar-refractivity contribution in [2.45, 2.75) is 37.4 Å². The molecule has 1 aliphatic carbocycles. The Morgan fingerprint density at radius 2 is 2.10 bits per heavy atom. The van der Waals surface area contributed by atoms with E-state index >= 15 is 0 Å². The van der Waals surface area contributed by atoms with Gasteiger partial charge in [-0.15, -0.1) is 11.8 Å². The molecule has 0 aliphatic heterocycles. The van der Waals surface area contributed by atoms with E-state index in [-0.39, 0.29) is 22.3 Å². The van der Waals surface area contributed by atoms with E-state index in [0.717, 1.165) is 12.8 Å². The predicted molar refractivity (Wildman–Crippen MR) is 86.1 cm³/mol. The highest BCUT2D eigenvalue weighted by Crippen LogP contribution is 2.30. The largest absolute Gasteiger partial charge is 0.320 e. The quantitative estimate of drug-likeness (QED) is 0.647. The summed E-state index contributed by atoms with van der Waals surface area (Å²) in [6, 6.07) is 4.23. The van der Waals surface area contributed by atoms with Crippen LogP contribution in [0.3, 0.4) is 0 Å². The van der Waals surface area contributed by atoms with E-state index in [1.54, 1.807) is 11.8 Å². The smallest absolute Gasteiger partial charge is 0.294 e. The normalized spacial score (nSPS) is 15.7. The molecule has 7 heteroatoms. The van der Waals surface area contributed by atoms with Crippen molar-refractivity contribution < 1.29 is 9.72 Å². The SMILES string of the molecule is O=C(CSC1CCCCC1)Nc1ccc(Cl)cc1[N+](=O)[O-]. The lowest BCUT2D eigenvalue weighted by Gasteiger charge is -2.20. The maximum atomic E-state index is 11.9. The topological polar surface area (TPSA) is 72.2 Å². The van der Waals surface area contributed by atoms with Gasteiger partial charge in [-0.2, -0.15) is 0 Å². The third kappa shape index (κ3) is 4.89. The molecule has 0 unspecified atom stereocenters. The summed E-state index contributed by atoms with van der Waals surface area (Å²) in [4.78, 5) is 22.3. The molecular weight excluding hydrogens is 312 g/mol. The third-order valence-corrected chi connectivity index (χ3v) is 5.04. The molecule has 0 heterocycles. The Bertz CT molecular complexity index is 533. The van der Waals surface area contributed by atoms with Gasteiger partial charge in [0.2, 0.25) is 5.91 Å². The average molecular weight is 329 g/mol. The number of anilines is 1. The molecule has 21 heavy (non-hydrogen) atoms. The fourth-order valence-electron chi connectivity index (χ4n) is 2.37. The van der Waals surface area contributed by atoms with Gasteiger partial charge in [0.15, 0.2) is 0 Å². The van der Waals surface area contributed by atoms with E-state index in [0.29, 0.717) is 11.0 Å². The van der Waals surface area contributed by atoms with Crippen molar-refractivity contribution in [1.29, 1.82) is 0 Å². The Hall–Kier alpha value is -1.27. The molecule has 1 aromatic rings. The molecule has 0 spiro atoms. The highest BCUT2D eigenvalue weighted by molar-refractivity contribution is 8.00. The molecule has 1 amide bonds. The first-order valence-corrected chi connectivity index (χ1v) is 8.34. The van der Waals surface area contributed by atoms with Crippen molar-refractivity contribution in [3.05, 3.63) is 33.3 Å². The predicted octanol–water partition coefficient (Wildman–Crippen LogP) is 4.25. The maximum Gasteiger partial charge on any atom is 0.294 e. The van der Waals surface area contributed by atoms with Gasteiger partial charge in [0.1, 0.15) is 5.69 Å². The molecule has 0 saturated heterocycles. The Morgan fingerprint density at radius 1 is 1.38 bits per heavy atom. The minimum Gasteiger partial charge on any atom is -0.320 e. The first-order chi connectivity index (χ1) is 10.1. The third-order valence-electron chi connectivity index (χ3n) is 3.43. The molecule has 2 rings (SSSR count). The molecule has 0 radical (unpaired) electrons. The van der Waals surface area contributed by atoms with Crippen LogP contribution in [-0.4, -0.2) is 21.8 Å². The van der Waals surface area contributed by atoms with E-state index in [1.807, 2.05) is 0 Å². The molecule has 1 aromatic carbocycles. The van der Waals surface area contributed by atoms with E-state index in [9.17, 15) is 14.9 Å². The lowest BCUT2D eigenvalue weighted by Crippen LogP contribution is -2.18. The molecule has 1 saturated carbocycles. The number of nitrogens with one attached hydrogen (secondary N) is 1. The van der Waals surface area contributed by atoms with Gasteiger partial charge < -0.3 is 5.32 Å². The van der Waals surface area contributed by atoms with Gasteiger partial charge in [0, 0.05) is 16.3 Å². The summed E-state index contributed by atoms with van der Waals surface area (Å²) in [5.74, 6) is 0.112. The van der Waals surface area contributed by atoms with Gasteiger partial charge in [-0.3, -0.25) is 14.9 Å². The maximum absolute atomic E-state index is 11.9.